The molecule has 0 saturated heterocycles. The smallest absolute Gasteiger partial charge is 0.181 e. The number of phenolic OH excluding ortho intramolecular Hbond substituents is 2. The number of fused-ring (bicyclic) bond motifs is 6. The molecule has 3 aromatic carbocycles. The van der Waals surface area contributed by atoms with Crippen LogP contribution in [0, 0.1) is 0 Å². The molecule has 6 nitrogen and oxygen atoms in total. The summed E-state index contributed by atoms with van der Waals surface area (Å²) in [5.74, 6) is 1.07. The summed E-state index contributed by atoms with van der Waals surface area (Å²) in [5, 5.41) is 23.8. The van der Waals surface area contributed by atoms with Gasteiger partial charge in [-0.2, -0.15) is 0 Å². The molecule has 0 unspecified atom stereocenters. The van der Waals surface area contributed by atoms with Crippen LogP contribution in [-0.2, 0) is 0 Å². The third-order valence-electron chi connectivity index (χ3n) is 4.70. The summed E-state index contributed by atoms with van der Waals surface area (Å²) in [7, 11) is 3.12. The van der Waals surface area contributed by atoms with Crippen LogP contribution in [0.4, 0.5) is 0 Å². The van der Waals surface area contributed by atoms with E-state index in [1.165, 1.54) is 0 Å². The van der Waals surface area contributed by atoms with Gasteiger partial charge < -0.3 is 28.5 Å². The van der Waals surface area contributed by atoms with Gasteiger partial charge in [0.15, 0.2) is 22.7 Å². The fraction of sp³-hybridized carbons (Fsp3) is 0.100. The molecule has 0 bridgehead atoms. The number of hydrogen-bond acceptors (Lipinski definition) is 6. The molecular weight excluding hydrogens is 336 g/mol. The Bertz CT molecular complexity index is 1320. The average Bonchev–Trinajstić information content (AvgIpc) is 3.24. The zero-order valence-corrected chi connectivity index (χ0v) is 14.0. The van der Waals surface area contributed by atoms with Gasteiger partial charge >= 0.3 is 0 Å². The standard InChI is InChI=1S/C20H14O6/c1-23-9-4-6-13-12(7-9)16-18(22)19-15(17(21)20(16)25-13)11-5-3-10(24-2)8-14(11)26-19/h3-8,21-22H,1-2H3. The molecule has 0 aliphatic rings. The first-order valence-electron chi connectivity index (χ1n) is 7.96. The number of furan rings is 2. The first-order valence-corrected chi connectivity index (χ1v) is 7.96. The van der Waals surface area contributed by atoms with E-state index in [9.17, 15) is 10.2 Å². The lowest BCUT2D eigenvalue weighted by Crippen LogP contribution is -1.81. The van der Waals surface area contributed by atoms with Crippen LogP contribution >= 0.6 is 0 Å². The molecule has 130 valence electrons. The van der Waals surface area contributed by atoms with E-state index in [1.54, 1.807) is 50.6 Å². The lowest BCUT2D eigenvalue weighted by atomic mass is 10.1. The zero-order chi connectivity index (χ0) is 18.0. The molecule has 0 atom stereocenters. The molecule has 0 saturated carbocycles. The Hall–Kier alpha value is -3.54. The maximum absolute atomic E-state index is 10.9. The van der Waals surface area contributed by atoms with E-state index in [2.05, 4.69) is 0 Å². The van der Waals surface area contributed by atoms with E-state index < -0.39 is 0 Å². The summed E-state index contributed by atoms with van der Waals surface area (Å²) < 4.78 is 22.1. The van der Waals surface area contributed by atoms with Crippen LogP contribution in [0.15, 0.2) is 45.2 Å². The number of aromatic hydroxyl groups is 2. The summed E-state index contributed by atoms with van der Waals surface area (Å²) in [6.45, 7) is 0. The minimum Gasteiger partial charge on any atom is -0.504 e. The van der Waals surface area contributed by atoms with Crippen molar-refractivity contribution in [3.63, 3.8) is 0 Å². The Balaban J connectivity index is 1.99. The highest BCUT2D eigenvalue weighted by atomic mass is 16.5. The predicted octanol–water partition coefficient (Wildman–Crippen LogP) is 4.91. The van der Waals surface area contributed by atoms with Crippen LogP contribution in [0.25, 0.3) is 43.9 Å². The quantitative estimate of drug-likeness (QED) is 0.440. The van der Waals surface area contributed by atoms with Crippen molar-refractivity contribution in [3.05, 3.63) is 36.4 Å². The first-order chi connectivity index (χ1) is 12.6. The first kappa shape index (κ1) is 14.8. The summed E-state index contributed by atoms with van der Waals surface area (Å²) in [6.07, 6.45) is 0. The average molecular weight is 350 g/mol. The van der Waals surface area contributed by atoms with Gasteiger partial charge in [-0.05, 0) is 30.3 Å². The Labute approximate surface area is 146 Å². The van der Waals surface area contributed by atoms with Gasteiger partial charge in [-0.25, -0.2) is 0 Å². The fourth-order valence-electron chi connectivity index (χ4n) is 3.44. The third-order valence-corrected chi connectivity index (χ3v) is 4.70. The van der Waals surface area contributed by atoms with E-state index in [-0.39, 0.29) is 22.7 Å². The van der Waals surface area contributed by atoms with Crippen LogP contribution in [0.2, 0.25) is 0 Å². The van der Waals surface area contributed by atoms with Gasteiger partial charge in [0.1, 0.15) is 22.7 Å². The van der Waals surface area contributed by atoms with Gasteiger partial charge in [-0.3, -0.25) is 0 Å². The summed E-state index contributed by atoms with van der Waals surface area (Å²) in [6, 6.07) is 10.5. The second-order valence-electron chi connectivity index (χ2n) is 6.03. The lowest BCUT2D eigenvalue weighted by Gasteiger charge is -2.01. The second-order valence-corrected chi connectivity index (χ2v) is 6.03. The Morgan fingerprint density at radius 1 is 0.692 bits per heavy atom. The predicted molar refractivity (Wildman–Crippen MR) is 97.4 cm³/mol. The molecule has 26 heavy (non-hydrogen) atoms. The van der Waals surface area contributed by atoms with Crippen molar-refractivity contribution in [1.29, 1.82) is 0 Å². The van der Waals surface area contributed by atoms with Crippen LogP contribution in [0.1, 0.15) is 0 Å². The number of phenols is 2. The van der Waals surface area contributed by atoms with Gasteiger partial charge in [0.05, 0.1) is 25.0 Å². The molecule has 2 aromatic heterocycles. The van der Waals surface area contributed by atoms with Crippen LogP contribution in [-0.4, -0.2) is 24.4 Å². The molecule has 5 aromatic rings. The highest BCUT2D eigenvalue weighted by Crippen LogP contribution is 2.50. The number of benzene rings is 3. The highest BCUT2D eigenvalue weighted by Gasteiger charge is 2.24. The molecule has 5 rings (SSSR count). The Kier molecular flexibility index (Phi) is 2.83. The van der Waals surface area contributed by atoms with Crippen molar-refractivity contribution in [3.8, 4) is 23.0 Å². The van der Waals surface area contributed by atoms with Crippen molar-refractivity contribution < 1.29 is 28.5 Å². The van der Waals surface area contributed by atoms with Gasteiger partial charge in [0, 0.05) is 16.8 Å². The van der Waals surface area contributed by atoms with E-state index in [0.29, 0.717) is 44.2 Å². The molecule has 6 heteroatoms. The lowest BCUT2D eigenvalue weighted by molar-refractivity contribution is 0.414. The number of hydrogen-bond donors (Lipinski definition) is 2. The highest BCUT2D eigenvalue weighted by molar-refractivity contribution is 6.22. The van der Waals surface area contributed by atoms with E-state index >= 15 is 0 Å². The van der Waals surface area contributed by atoms with Gasteiger partial charge in [-0.1, -0.05) is 0 Å². The molecule has 2 N–H and O–H groups in total. The molecule has 0 fully saturated rings. The third kappa shape index (κ3) is 1.75. The minimum absolute atomic E-state index is 0.0770. The molecule has 0 spiro atoms. The number of methoxy groups -OCH3 is 2. The normalized spacial score (nSPS) is 11.8. The maximum Gasteiger partial charge on any atom is 0.181 e. The van der Waals surface area contributed by atoms with E-state index in [1.807, 2.05) is 0 Å². The summed E-state index contributed by atoms with van der Waals surface area (Å²) in [5.41, 5.74) is 1.44. The molecule has 0 aliphatic heterocycles. The monoisotopic (exact) mass is 350 g/mol. The number of rotatable bonds is 2. The Morgan fingerprint density at radius 3 is 1.96 bits per heavy atom. The summed E-state index contributed by atoms with van der Waals surface area (Å²) in [4.78, 5) is 0. The molecule has 0 radical (unpaired) electrons. The molecule has 0 amide bonds. The SMILES string of the molecule is COc1ccc2c(c1)oc1c(O)c3c(oc4ccc(OC)cc43)c(O)c12. The molecule has 0 aliphatic carbocycles. The second kappa shape index (κ2) is 4.98. The largest absolute Gasteiger partial charge is 0.504 e. The van der Waals surface area contributed by atoms with Crippen molar-refractivity contribution in [1.82, 2.24) is 0 Å². The Morgan fingerprint density at radius 2 is 1.27 bits per heavy atom. The maximum atomic E-state index is 10.9. The van der Waals surface area contributed by atoms with E-state index in [0.717, 1.165) is 0 Å². The van der Waals surface area contributed by atoms with Crippen molar-refractivity contribution >= 4 is 43.9 Å². The van der Waals surface area contributed by atoms with Gasteiger partial charge in [0.2, 0.25) is 0 Å². The van der Waals surface area contributed by atoms with Crippen molar-refractivity contribution in [2.45, 2.75) is 0 Å². The topological polar surface area (TPSA) is 85.2 Å². The van der Waals surface area contributed by atoms with Crippen LogP contribution in [0.5, 0.6) is 23.0 Å². The molecule has 2 heterocycles. The molecular formula is C20H14O6. The zero-order valence-electron chi connectivity index (χ0n) is 14.0. The fourth-order valence-corrected chi connectivity index (χ4v) is 3.44. The van der Waals surface area contributed by atoms with E-state index in [4.69, 9.17) is 18.3 Å². The number of ether oxygens (including phenoxy) is 2. The van der Waals surface area contributed by atoms with Crippen molar-refractivity contribution in [2.24, 2.45) is 0 Å². The summed E-state index contributed by atoms with van der Waals surface area (Å²) >= 11 is 0. The van der Waals surface area contributed by atoms with Gasteiger partial charge in [-0.15, -0.1) is 0 Å². The van der Waals surface area contributed by atoms with Crippen molar-refractivity contribution in [2.75, 3.05) is 14.2 Å². The van der Waals surface area contributed by atoms with Crippen LogP contribution in [0.3, 0.4) is 0 Å². The van der Waals surface area contributed by atoms with Gasteiger partial charge in [0.25, 0.3) is 0 Å². The van der Waals surface area contributed by atoms with Crippen LogP contribution < -0.4 is 9.47 Å². The minimum atomic E-state index is -0.0880.